The number of aromatic nitrogens is 2. The Labute approximate surface area is 117 Å². The summed E-state index contributed by atoms with van der Waals surface area (Å²) in [4.78, 5) is 15.9. The molecule has 1 unspecified atom stereocenters. The highest BCUT2D eigenvalue weighted by Crippen LogP contribution is 2.30. The first-order chi connectivity index (χ1) is 9.47. The van der Waals surface area contributed by atoms with E-state index in [9.17, 15) is 4.79 Å². The van der Waals surface area contributed by atoms with Crippen LogP contribution >= 0.6 is 0 Å². The number of carbonyl (C=O) groups is 1. The number of benzene rings is 1. The number of nitrogens with zero attached hydrogens (tertiary/aromatic N) is 2. The highest BCUT2D eigenvalue weighted by atomic mass is 16.6. The third kappa shape index (κ3) is 2.13. The van der Waals surface area contributed by atoms with Gasteiger partial charge in [0.15, 0.2) is 0 Å². The molecule has 1 aliphatic rings. The van der Waals surface area contributed by atoms with Crippen LogP contribution < -0.4 is 5.32 Å². The molecule has 0 radical (unpaired) electrons. The number of rotatable bonds is 1. The lowest BCUT2D eigenvalue weighted by atomic mass is 9.95. The molecule has 1 atom stereocenters. The molecule has 1 aromatic heterocycles. The van der Waals surface area contributed by atoms with Crippen LogP contribution in [0.4, 0.5) is 4.79 Å². The predicted octanol–water partition coefficient (Wildman–Crippen LogP) is 2.61. The molecular formula is C15H19N3O2. The Morgan fingerprint density at radius 1 is 1.35 bits per heavy atom. The van der Waals surface area contributed by atoms with E-state index in [2.05, 4.69) is 36.7 Å². The second kappa shape index (κ2) is 4.51. The third-order valence-electron chi connectivity index (χ3n) is 3.52. The van der Waals surface area contributed by atoms with Gasteiger partial charge >= 0.3 is 6.09 Å². The van der Waals surface area contributed by atoms with Crippen molar-refractivity contribution in [2.45, 2.75) is 32.2 Å². The van der Waals surface area contributed by atoms with Gasteiger partial charge in [0, 0.05) is 12.0 Å². The van der Waals surface area contributed by atoms with Crippen LogP contribution in [0.3, 0.4) is 0 Å². The van der Waals surface area contributed by atoms with E-state index in [0.717, 1.165) is 16.9 Å². The van der Waals surface area contributed by atoms with Gasteiger partial charge in [0.05, 0.1) is 17.1 Å². The average molecular weight is 273 g/mol. The largest absolute Gasteiger partial charge is 0.447 e. The molecule has 1 aromatic carbocycles. The zero-order chi connectivity index (χ0) is 14.3. The summed E-state index contributed by atoms with van der Waals surface area (Å²) in [5, 5.41) is 2.75. The molecule has 0 saturated carbocycles. The second-order valence-corrected chi connectivity index (χ2v) is 6.18. The molecule has 2 heterocycles. The molecular weight excluding hydrogens is 254 g/mol. The van der Waals surface area contributed by atoms with Gasteiger partial charge < -0.3 is 14.6 Å². The molecule has 5 heteroatoms. The quantitative estimate of drug-likeness (QED) is 0.869. The van der Waals surface area contributed by atoms with Crippen LogP contribution in [0, 0.1) is 0 Å². The molecule has 0 spiro atoms. The molecule has 20 heavy (non-hydrogen) atoms. The van der Waals surface area contributed by atoms with Crippen LogP contribution in [-0.4, -0.2) is 28.8 Å². The minimum absolute atomic E-state index is 0.0690. The molecule has 0 aliphatic carbocycles. The van der Waals surface area contributed by atoms with E-state index in [4.69, 9.17) is 9.72 Å². The van der Waals surface area contributed by atoms with Gasteiger partial charge in [0.1, 0.15) is 12.4 Å². The molecule has 5 nitrogen and oxygen atoms in total. The standard InChI is InChI=1S/C15H19N3O2/c1-15(2,3)13-17-11-6-4-5-7-12(11)18(13)10-8-16-14(19)20-9-10/h4-7,10H,8-9H2,1-3H3,(H,16,19). The summed E-state index contributed by atoms with van der Waals surface area (Å²) in [6.45, 7) is 7.39. The fourth-order valence-corrected chi connectivity index (χ4v) is 2.59. The molecule has 1 amide bonds. The van der Waals surface area contributed by atoms with Gasteiger partial charge in [-0.2, -0.15) is 0 Å². The maximum Gasteiger partial charge on any atom is 0.407 e. The van der Waals surface area contributed by atoms with Crippen molar-refractivity contribution < 1.29 is 9.53 Å². The highest BCUT2D eigenvalue weighted by molar-refractivity contribution is 5.76. The Balaban J connectivity index is 2.14. The molecule has 2 aromatic rings. The number of para-hydroxylation sites is 2. The second-order valence-electron chi connectivity index (χ2n) is 6.18. The first kappa shape index (κ1) is 13.0. The lowest BCUT2D eigenvalue weighted by Crippen LogP contribution is -2.41. The van der Waals surface area contributed by atoms with Crippen molar-refractivity contribution >= 4 is 17.1 Å². The first-order valence-electron chi connectivity index (χ1n) is 6.85. The Kier molecular flexibility index (Phi) is 2.92. The van der Waals surface area contributed by atoms with Crippen molar-refractivity contribution in [1.82, 2.24) is 14.9 Å². The van der Waals surface area contributed by atoms with Gasteiger partial charge in [-0.25, -0.2) is 9.78 Å². The van der Waals surface area contributed by atoms with Crippen LogP contribution in [0.2, 0.25) is 0 Å². The number of amides is 1. The summed E-state index contributed by atoms with van der Waals surface area (Å²) in [6, 6.07) is 8.16. The first-order valence-corrected chi connectivity index (χ1v) is 6.85. The maximum absolute atomic E-state index is 11.2. The van der Waals surface area contributed by atoms with Gasteiger partial charge in [-0.1, -0.05) is 32.9 Å². The predicted molar refractivity (Wildman–Crippen MR) is 76.8 cm³/mol. The van der Waals surface area contributed by atoms with E-state index in [0.29, 0.717) is 13.2 Å². The number of imidazole rings is 1. The number of cyclic esters (lactones) is 1. The van der Waals surface area contributed by atoms with Crippen LogP contribution in [-0.2, 0) is 10.2 Å². The molecule has 0 bridgehead atoms. The van der Waals surface area contributed by atoms with E-state index >= 15 is 0 Å². The Morgan fingerprint density at radius 3 is 2.75 bits per heavy atom. The highest BCUT2D eigenvalue weighted by Gasteiger charge is 2.29. The summed E-state index contributed by atoms with van der Waals surface area (Å²) in [6.07, 6.45) is -0.344. The van der Waals surface area contributed by atoms with Crippen LogP contribution in [0.25, 0.3) is 11.0 Å². The van der Waals surface area contributed by atoms with E-state index in [1.165, 1.54) is 0 Å². The number of hydrogen-bond acceptors (Lipinski definition) is 3. The Bertz CT molecular complexity index is 645. The molecule has 1 fully saturated rings. The molecule has 3 rings (SSSR count). The summed E-state index contributed by atoms with van der Waals surface area (Å²) >= 11 is 0. The van der Waals surface area contributed by atoms with Gasteiger partial charge in [0.2, 0.25) is 0 Å². The van der Waals surface area contributed by atoms with Crippen molar-refractivity contribution in [3.05, 3.63) is 30.1 Å². The molecule has 1 saturated heterocycles. The van der Waals surface area contributed by atoms with Gasteiger partial charge in [-0.15, -0.1) is 0 Å². The lowest BCUT2D eigenvalue weighted by Gasteiger charge is -2.29. The van der Waals surface area contributed by atoms with Crippen molar-refractivity contribution in [2.24, 2.45) is 0 Å². The number of carbonyl (C=O) groups excluding carboxylic acids is 1. The fraction of sp³-hybridized carbons (Fsp3) is 0.467. The monoisotopic (exact) mass is 273 g/mol. The molecule has 1 aliphatic heterocycles. The van der Waals surface area contributed by atoms with E-state index in [1.807, 2.05) is 18.2 Å². The van der Waals surface area contributed by atoms with Crippen molar-refractivity contribution in [1.29, 1.82) is 0 Å². The lowest BCUT2D eigenvalue weighted by molar-refractivity contribution is 0.105. The van der Waals surface area contributed by atoms with Crippen LogP contribution in [0.15, 0.2) is 24.3 Å². The van der Waals surface area contributed by atoms with Gasteiger partial charge in [-0.05, 0) is 12.1 Å². The normalized spacial score (nSPS) is 19.8. The maximum atomic E-state index is 11.2. The number of nitrogens with one attached hydrogen (secondary N) is 1. The number of alkyl carbamates (subject to hydrolysis) is 1. The number of fused-ring (bicyclic) bond motifs is 1. The third-order valence-corrected chi connectivity index (χ3v) is 3.52. The van der Waals surface area contributed by atoms with E-state index < -0.39 is 0 Å². The minimum Gasteiger partial charge on any atom is -0.447 e. The summed E-state index contributed by atoms with van der Waals surface area (Å²) in [7, 11) is 0. The summed E-state index contributed by atoms with van der Waals surface area (Å²) in [5.74, 6) is 1.02. The van der Waals surface area contributed by atoms with Gasteiger partial charge in [0.25, 0.3) is 0 Å². The SMILES string of the molecule is CC(C)(C)c1nc2ccccc2n1C1CNC(=O)OC1. The van der Waals surface area contributed by atoms with Crippen molar-refractivity contribution in [3.63, 3.8) is 0 Å². The summed E-state index contributed by atoms with van der Waals surface area (Å²) in [5.41, 5.74) is 2.00. The molecule has 106 valence electrons. The zero-order valence-corrected chi connectivity index (χ0v) is 12.0. The van der Waals surface area contributed by atoms with E-state index in [1.54, 1.807) is 0 Å². The van der Waals surface area contributed by atoms with Gasteiger partial charge in [-0.3, -0.25) is 0 Å². The van der Waals surface area contributed by atoms with Crippen molar-refractivity contribution in [3.8, 4) is 0 Å². The minimum atomic E-state index is -0.344. The Morgan fingerprint density at radius 2 is 2.10 bits per heavy atom. The smallest absolute Gasteiger partial charge is 0.407 e. The Hall–Kier alpha value is -2.04. The van der Waals surface area contributed by atoms with E-state index in [-0.39, 0.29) is 17.6 Å². The number of ether oxygens (including phenoxy) is 1. The molecule has 1 N–H and O–H groups in total. The topological polar surface area (TPSA) is 56.2 Å². The number of hydrogen-bond donors (Lipinski definition) is 1. The zero-order valence-electron chi connectivity index (χ0n) is 12.0. The average Bonchev–Trinajstić information content (AvgIpc) is 2.79. The van der Waals surface area contributed by atoms with Crippen LogP contribution in [0.5, 0.6) is 0 Å². The fourth-order valence-electron chi connectivity index (χ4n) is 2.59. The summed E-state index contributed by atoms with van der Waals surface area (Å²) < 4.78 is 7.34. The van der Waals surface area contributed by atoms with Crippen LogP contribution in [0.1, 0.15) is 32.6 Å². The van der Waals surface area contributed by atoms with Crippen molar-refractivity contribution in [2.75, 3.05) is 13.2 Å².